The number of benzene rings is 2. The summed E-state index contributed by atoms with van der Waals surface area (Å²) in [5.74, 6) is -1.59. The highest BCUT2D eigenvalue weighted by Gasteiger charge is 2.19. The van der Waals surface area contributed by atoms with Crippen molar-refractivity contribution in [2.45, 2.75) is 32.6 Å². The van der Waals surface area contributed by atoms with Crippen molar-refractivity contribution in [3.63, 3.8) is 0 Å². The van der Waals surface area contributed by atoms with Crippen LogP contribution in [0.5, 0.6) is 0 Å². The Hall–Kier alpha value is -2.62. The number of amides is 1. The van der Waals surface area contributed by atoms with Crippen molar-refractivity contribution < 1.29 is 14.7 Å². The van der Waals surface area contributed by atoms with Crippen LogP contribution in [0.2, 0.25) is 0 Å². The number of carboxylic acid groups (broad SMARTS) is 1. The zero-order valence-corrected chi connectivity index (χ0v) is 14.6. The third-order valence-corrected chi connectivity index (χ3v) is 4.17. The average Bonchev–Trinajstić information content (AvgIpc) is 2.59. The van der Waals surface area contributed by atoms with Gasteiger partial charge in [0.05, 0.1) is 5.92 Å². The highest BCUT2D eigenvalue weighted by Crippen LogP contribution is 2.11. The fourth-order valence-corrected chi connectivity index (χ4v) is 2.79. The van der Waals surface area contributed by atoms with Crippen molar-refractivity contribution in [3.05, 3.63) is 71.3 Å². The Bertz CT molecular complexity index is 697. The van der Waals surface area contributed by atoms with Crippen LogP contribution in [-0.4, -0.2) is 23.5 Å². The average molecular weight is 339 g/mol. The standard InChI is InChI=1S/C21H25NO3/c1-16-7-5-11-18(13-16)14-19(21(24)25)15-22-20(23)12-6-10-17-8-3-2-4-9-17/h2-5,7-9,11,13,19H,6,10,12,14-15H2,1H3,(H,22,23)(H,24,25). The zero-order valence-electron chi connectivity index (χ0n) is 14.6. The fraction of sp³-hybridized carbons (Fsp3) is 0.333. The number of hydrogen-bond donors (Lipinski definition) is 2. The number of rotatable bonds is 9. The molecule has 0 saturated heterocycles. The lowest BCUT2D eigenvalue weighted by Gasteiger charge is -2.14. The molecule has 2 aromatic carbocycles. The molecular formula is C21H25NO3. The van der Waals surface area contributed by atoms with Crippen molar-refractivity contribution in [1.29, 1.82) is 0 Å². The van der Waals surface area contributed by atoms with Gasteiger partial charge in [-0.3, -0.25) is 9.59 Å². The first-order valence-corrected chi connectivity index (χ1v) is 8.63. The number of hydrogen-bond acceptors (Lipinski definition) is 2. The lowest BCUT2D eigenvalue weighted by molar-refractivity contribution is -0.141. The molecule has 4 nitrogen and oxygen atoms in total. The van der Waals surface area contributed by atoms with Crippen LogP contribution in [0.25, 0.3) is 0 Å². The second kappa shape index (κ2) is 9.62. The Morgan fingerprint density at radius 3 is 2.44 bits per heavy atom. The van der Waals surface area contributed by atoms with Gasteiger partial charge < -0.3 is 10.4 Å². The first kappa shape index (κ1) is 18.7. The van der Waals surface area contributed by atoms with Crippen molar-refractivity contribution in [2.75, 3.05) is 6.54 Å². The molecule has 0 spiro atoms. The molecule has 0 aliphatic heterocycles. The minimum absolute atomic E-state index is 0.0913. The lowest BCUT2D eigenvalue weighted by atomic mass is 9.98. The van der Waals surface area contributed by atoms with Gasteiger partial charge >= 0.3 is 5.97 Å². The summed E-state index contributed by atoms with van der Waals surface area (Å²) in [4.78, 5) is 23.4. The predicted molar refractivity (Wildman–Crippen MR) is 98.4 cm³/mol. The Balaban J connectivity index is 1.76. The molecule has 25 heavy (non-hydrogen) atoms. The van der Waals surface area contributed by atoms with E-state index in [1.807, 2.05) is 61.5 Å². The number of nitrogens with one attached hydrogen (secondary N) is 1. The van der Waals surface area contributed by atoms with Crippen LogP contribution in [0.4, 0.5) is 0 Å². The molecule has 4 heteroatoms. The summed E-state index contributed by atoms with van der Waals surface area (Å²) in [7, 11) is 0. The smallest absolute Gasteiger partial charge is 0.308 e. The van der Waals surface area contributed by atoms with Gasteiger partial charge in [0.1, 0.15) is 0 Å². The third-order valence-electron chi connectivity index (χ3n) is 4.17. The van der Waals surface area contributed by atoms with E-state index < -0.39 is 11.9 Å². The first-order chi connectivity index (χ1) is 12.0. The molecule has 1 amide bonds. The number of carbonyl (C=O) groups is 2. The second-order valence-electron chi connectivity index (χ2n) is 6.37. The summed E-state index contributed by atoms with van der Waals surface area (Å²) in [5, 5.41) is 12.2. The molecule has 132 valence electrons. The summed E-state index contributed by atoms with van der Waals surface area (Å²) in [6.45, 7) is 2.14. The normalized spacial score (nSPS) is 11.7. The van der Waals surface area contributed by atoms with Crippen LogP contribution in [0.3, 0.4) is 0 Å². The molecule has 0 fully saturated rings. The molecule has 0 bridgehead atoms. The monoisotopic (exact) mass is 339 g/mol. The van der Waals surface area contributed by atoms with E-state index in [0.717, 1.165) is 24.0 Å². The van der Waals surface area contributed by atoms with Crippen molar-refractivity contribution >= 4 is 11.9 Å². The minimum Gasteiger partial charge on any atom is -0.481 e. The van der Waals surface area contributed by atoms with Crippen LogP contribution in [0.15, 0.2) is 54.6 Å². The summed E-state index contributed by atoms with van der Waals surface area (Å²) < 4.78 is 0. The topological polar surface area (TPSA) is 66.4 Å². The highest BCUT2D eigenvalue weighted by atomic mass is 16.4. The molecule has 2 rings (SSSR count). The lowest BCUT2D eigenvalue weighted by Crippen LogP contribution is -2.34. The largest absolute Gasteiger partial charge is 0.481 e. The van der Waals surface area contributed by atoms with Gasteiger partial charge in [-0.1, -0.05) is 60.2 Å². The zero-order chi connectivity index (χ0) is 18.1. The van der Waals surface area contributed by atoms with Gasteiger partial charge in [-0.05, 0) is 37.3 Å². The Labute approximate surface area is 148 Å². The Morgan fingerprint density at radius 2 is 1.76 bits per heavy atom. The van der Waals surface area contributed by atoms with Crippen molar-refractivity contribution in [3.8, 4) is 0 Å². The SMILES string of the molecule is Cc1cccc(CC(CNC(=O)CCCc2ccccc2)C(=O)O)c1. The van der Waals surface area contributed by atoms with Crippen molar-refractivity contribution in [2.24, 2.45) is 5.92 Å². The number of carbonyl (C=O) groups excluding carboxylic acids is 1. The van der Waals surface area contributed by atoms with E-state index in [2.05, 4.69) is 5.32 Å². The number of aryl methyl sites for hydroxylation is 2. The molecule has 1 unspecified atom stereocenters. The third kappa shape index (κ3) is 6.79. The molecule has 0 radical (unpaired) electrons. The second-order valence-corrected chi connectivity index (χ2v) is 6.37. The van der Waals surface area contributed by atoms with Crippen LogP contribution in [-0.2, 0) is 22.4 Å². The van der Waals surface area contributed by atoms with Gasteiger partial charge in [0.25, 0.3) is 0 Å². The van der Waals surface area contributed by atoms with Gasteiger partial charge in [-0.25, -0.2) is 0 Å². The van der Waals surface area contributed by atoms with Crippen LogP contribution >= 0.6 is 0 Å². The molecule has 2 aromatic rings. The van der Waals surface area contributed by atoms with E-state index >= 15 is 0 Å². The Kier molecular flexibility index (Phi) is 7.20. The van der Waals surface area contributed by atoms with Gasteiger partial charge in [0, 0.05) is 13.0 Å². The van der Waals surface area contributed by atoms with Crippen molar-refractivity contribution in [1.82, 2.24) is 5.32 Å². The van der Waals surface area contributed by atoms with E-state index in [4.69, 9.17) is 0 Å². The number of aliphatic carboxylic acids is 1. The first-order valence-electron chi connectivity index (χ1n) is 8.63. The summed E-state index contributed by atoms with van der Waals surface area (Å²) >= 11 is 0. The Morgan fingerprint density at radius 1 is 1.04 bits per heavy atom. The molecule has 0 heterocycles. The molecular weight excluding hydrogens is 314 g/mol. The minimum atomic E-state index is -0.883. The molecule has 0 saturated carbocycles. The summed E-state index contributed by atoms with van der Waals surface area (Å²) in [6.07, 6.45) is 2.43. The van der Waals surface area contributed by atoms with E-state index in [0.29, 0.717) is 12.8 Å². The van der Waals surface area contributed by atoms with E-state index in [1.165, 1.54) is 5.56 Å². The van der Waals surface area contributed by atoms with Gasteiger partial charge in [-0.15, -0.1) is 0 Å². The van der Waals surface area contributed by atoms with E-state index in [1.54, 1.807) is 0 Å². The molecule has 0 aromatic heterocycles. The van der Waals surface area contributed by atoms with Gasteiger partial charge in [0.15, 0.2) is 0 Å². The van der Waals surface area contributed by atoms with Gasteiger partial charge in [-0.2, -0.15) is 0 Å². The molecule has 0 aliphatic carbocycles. The molecule has 1 atom stereocenters. The predicted octanol–water partition coefficient (Wildman–Crippen LogP) is 3.38. The van der Waals surface area contributed by atoms with Crippen LogP contribution in [0.1, 0.15) is 29.5 Å². The highest BCUT2D eigenvalue weighted by molar-refractivity contribution is 5.77. The maximum atomic E-state index is 12.0. The fourth-order valence-electron chi connectivity index (χ4n) is 2.79. The van der Waals surface area contributed by atoms with E-state index in [9.17, 15) is 14.7 Å². The van der Waals surface area contributed by atoms with Crippen LogP contribution in [0, 0.1) is 12.8 Å². The maximum Gasteiger partial charge on any atom is 0.308 e. The molecule has 2 N–H and O–H groups in total. The van der Waals surface area contributed by atoms with E-state index in [-0.39, 0.29) is 12.5 Å². The maximum absolute atomic E-state index is 12.0. The number of carboxylic acids is 1. The van der Waals surface area contributed by atoms with Crippen LogP contribution < -0.4 is 5.32 Å². The quantitative estimate of drug-likeness (QED) is 0.736. The molecule has 0 aliphatic rings. The summed E-state index contributed by atoms with van der Waals surface area (Å²) in [5.41, 5.74) is 3.29. The summed E-state index contributed by atoms with van der Waals surface area (Å²) in [6, 6.07) is 17.8. The van der Waals surface area contributed by atoms with Gasteiger partial charge in [0.2, 0.25) is 5.91 Å².